The van der Waals surface area contributed by atoms with Crippen molar-refractivity contribution in [3.05, 3.63) is 40.3 Å². The maximum Gasteiger partial charge on any atom is 0.312 e. The first-order valence-corrected chi connectivity index (χ1v) is 7.51. The molecule has 3 rings (SSSR count). The highest BCUT2D eigenvalue weighted by molar-refractivity contribution is 5.88. The molecule has 0 radical (unpaired) electrons. The number of benzene rings is 1. The van der Waals surface area contributed by atoms with Gasteiger partial charge in [-0.3, -0.25) is 14.4 Å². The summed E-state index contributed by atoms with van der Waals surface area (Å²) in [6, 6.07) is 7.11. The number of esters is 1. The number of carbonyl (C=O) groups is 2. The molecule has 7 heteroatoms. The molecular formula is C16H17N3O4. The van der Waals surface area contributed by atoms with Crippen molar-refractivity contribution in [1.29, 1.82) is 0 Å². The Morgan fingerprint density at radius 2 is 2.04 bits per heavy atom. The van der Waals surface area contributed by atoms with E-state index in [4.69, 9.17) is 4.74 Å². The van der Waals surface area contributed by atoms with Crippen LogP contribution < -0.4 is 10.9 Å². The number of nitrogens with one attached hydrogen (secondary N) is 2. The predicted molar refractivity (Wildman–Crippen MR) is 82.8 cm³/mol. The van der Waals surface area contributed by atoms with Gasteiger partial charge in [0.05, 0.1) is 17.5 Å². The molecule has 1 aliphatic rings. The second kappa shape index (κ2) is 6.20. The molecule has 7 nitrogen and oxygen atoms in total. The smallest absolute Gasteiger partial charge is 0.312 e. The highest BCUT2D eigenvalue weighted by Gasteiger charge is 2.27. The Balaban J connectivity index is 1.69. The van der Waals surface area contributed by atoms with Gasteiger partial charge in [0.15, 0.2) is 6.10 Å². The maximum atomic E-state index is 12.0. The van der Waals surface area contributed by atoms with Crippen molar-refractivity contribution in [3.63, 3.8) is 0 Å². The highest BCUT2D eigenvalue weighted by atomic mass is 16.5. The summed E-state index contributed by atoms with van der Waals surface area (Å²) in [4.78, 5) is 35.5. The quantitative estimate of drug-likeness (QED) is 0.790. The van der Waals surface area contributed by atoms with Crippen molar-refractivity contribution in [3.8, 4) is 0 Å². The Bertz CT molecular complexity index is 810. The number of hydrogen-bond donors (Lipinski definition) is 2. The van der Waals surface area contributed by atoms with Crippen LogP contribution in [0.3, 0.4) is 0 Å². The number of ether oxygens (including phenoxy) is 1. The number of aromatic amines is 1. The van der Waals surface area contributed by atoms with Crippen LogP contribution in [0.25, 0.3) is 10.8 Å². The van der Waals surface area contributed by atoms with Gasteiger partial charge in [-0.25, -0.2) is 5.10 Å². The number of hydrogen-bond acceptors (Lipinski definition) is 5. The van der Waals surface area contributed by atoms with E-state index in [0.29, 0.717) is 16.5 Å². The molecular weight excluding hydrogens is 298 g/mol. The topological polar surface area (TPSA) is 101 Å². The van der Waals surface area contributed by atoms with Crippen LogP contribution >= 0.6 is 0 Å². The van der Waals surface area contributed by atoms with E-state index in [9.17, 15) is 14.4 Å². The number of carbonyl (C=O) groups excluding carboxylic acids is 2. The first kappa shape index (κ1) is 15.2. The Kier molecular flexibility index (Phi) is 4.10. The van der Waals surface area contributed by atoms with Crippen LogP contribution in [0.2, 0.25) is 0 Å². The van der Waals surface area contributed by atoms with E-state index in [-0.39, 0.29) is 23.9 Å². The molecule has 0 spiro atoms. The van der Waals surface area contributed by atoms with Gasteiger partial charge in [-0.2, -0.15) is 5.10 Å². The molecule has 1 aromatic carbocycles. The number of fused-ring (bicyclic) bond motifs is 1. The van der Waals surface area contributed by atoms with Crippen molar-refractivity contribution >= 4 is 22.6 Å². The summed E-state index contributed by atoms with van der Waals surface area (Å²) >= 11 is 0. The molecule has 1 fully saturated rings. The van der Waals surface area contributed by atoms with Gasteiger partial charge in [0, 0.05) is 11.4 Å². The summed E-state index contributed by atoms with van der Waals surface area (Å²) in [5, 5.41) is 10.1. The molecule has 0 saturated heterocycles. The molecule has 23 heavy (non-hydrogen) atoms. The number of aromatic nitrogens is 2. The minimum absolute atomic E-state index is 0.113. The van der Waals surface area contributed by atoms with Gasteiger partial charge in [0.1, 0.15) is 0 Å². The first-order valence-electron chi connectivity index (χ1n) is 7.51. The van der Waals surface area contributed by atoms with Crippen molar-refractivity contribution in [1.82, 2.24) is 15.5 Å². The summed E-state index contributed by atoms with van der Waals surface area (Å²) in [6.07, 6.45) is 0.981. The van der Waals surface area contributed by atoms with E-state index in [2.05, 4.69) is 15.5 Å². The van der Waals surface area contributed by atoms with Crippen molar-refractivity contribution in [2.45, 2.75) is 38.3 Å². The monoisotopic (exact) mass is 315 g/mol. The van der Waals surface area contributed by atoms with Crippen LogP contribution in [0, 0.1) is 0 Å². The standard InChI is InChI=1S/C16H17N3O4/c1-9(15(21)17-10-6-7-10)23-14(20)8-13-11-4-2-3-5-12(11)16(22)19-18-13/h2-5,9-10H,6-8H2,1H3,(H,17,21)(H,19,22). The summed E-state index contributed by atoms with van der Waals surface area (Å²) < 4.78 is 5.14. The number of nitrogens with zero attached hydrogens (tertiary/aromatic N) is 1. The molecule has 1 aromatic heterocycles. The molecule has 1 aliphatic carbocycles. The molecule has 1 unspecified atom stereocenters. The van der Waals surface area contributed by atoms with Gasteiger partial charge in [0.2, 0.25) is 0 Å². The predicted octanol–water partition coefficient (Wildman–Crippen LogP) is 0.676. The molecule has 120 valence electrons. The summed E-state index contributed by atoms with van der Waals surface area (Å²) in [5.41, 5.74) is 0.106. The van der Waals surface area contributed by atoms with Crippen molar-refractivity contribution < 1.29 is 14.3 Å². The summed E-state index contributed by atoms with van der Waals surface area (Å²) in [6.45, 7) is 1.54. The van der Waals surface area contributed by atoms with E-state index in [1.807, 2.05) is 0 Å². The van der Waals surface area contributed by atoms with E-state index >= 15 is 0 Å². The number of H-pyrrole nitrogens is 1. The Morgan fingerprint density at radius 3 is 2.74 bits per heavy atom. The Hall–Kier alpha value is -2.70. The van der Waals surface area contributed by atoms with E-state index < -0.39 is 12.1 Å². The van der Waals surface area contributed by atoms with Crippen LogP contribution in [-0.2, 0) is 20.7 Å². The van der Waals surface area contributed by atoms with Gasteiger partial charge in [0.25, 0.3) is 11.5 Å². The molecule has 1 saturated carbocycles. The van der Waals surface area contributed by atoms with Gasteiger partial charge >= 0.3 is 5.97 Å². The largest absolute Gasteiger partial charge is 0.452 e. The molecule has 0 bridgehead atoms. The zero-order valence-corrected chi connectivity index (χ0v) is 12.7. The van der Waals surface area contributed by atoms with Gasteiger partial charge in [-0.1, -0.05) is 18.2 Å². The Morgan fingerprint density at radius 1 is 1.35 bits per heavy atom. The lowest BCUT2D eigenvalue weighted by Gasteiger charge is -2.13. The van der Waals surface area contributed by atoms with Crippen molar-refractivity contribution in [2.75, 3.05) is 0 Å². The summed E-state index contributed by atoms with van der Waals surface area (Å²) in [7, 11) is 0. The van der Waals surface area contributed by atoms with E-state index in [1.165, 1.54) is 6.92 Å². The lowest BCUT2D eigenvalue weighted by molar-refractivity contribution is -0.154. The minimum atomic E-state index is -0.850. The van der Waals surface area contributed by atoms with Crippen LogP contribution in [0.15, 0.2) is 29.1 Å². The van der Waals surface area contributed by atoms with Gasteiger partial charge in [-0.15, -0.1) is 0 Å². The minimum Gasteiger partial charge on any atom is -0.452 e. The molecule has 2 aromatic rings. The number of amides is 1. The molecule has 0 aliphatic heterocycles. The lowest BCUT2D eigenvalue weighted by Crippen LogP contribution is -2.37. The van der Waals surface area contributed by atoms with Crippen LogP contribution in [-0.4, -0.2) is 34.2 Å². The van der Waals surface area contributed by atoms with Crippen molar-refractivity contribution in [2.24, 2.45) is 0 Å². The fraction of sp³-hybridized carbons (Fsp3) is 0.375. The normalized spacial score (nSPS) is 15.2. The van der Waals surface area contributed by atoms with Gasteiger partial charge < -0.3 is 10.1 Å². The van der Waals surface area contributed by atoms with Crippen LogP contribution in [0.1, 0.15) is 25.5 Å². The zero-order valence-electron chi connectivity index (χ0n) is 12.7. The summed E-state index contributed by atoms with van der Waals surface area (Å²) in [5.74, 6) is -0.853. The molecule has 1 heterocycles. The second-order valence-electron chi connectivity index (χ2n) is 5.64. The average Bonchev–Trinajstić information content (AvgIpc) is 3.34. The van der Waals surface area contributed by atoms with E-state index in [0.717, 1.165) is 12.8 Å². The first-order chi connectivity index (χ1) is 11.0. The molecule has 2 N–H and O–H groups in total. The van der Waals surface area contributed by atoms with Gasteiger partial charge in [-0.05, 0) is 25.8 Å². The SMILES string of the molecule is CC(OC(=O)Cc1n[nH]c(=O)c2ccccc12)C(=O)NC1CC1. The van der Waals surface area contributed by atoms with E-state index in [1.54, 1.807) is 24.3 Å². The fourth-order valence-electron chi connectivity index (χ4n) is 2.28. The fourth-order valence-corrected chi connectivity index (χ4v) is 2.28. The average molecular weight is 315 g/mol. The Labute approximate surface area is 132 Å². The highest BCUT2D eigenvalue weighted by Crippen LogP contribution is 2.19. The third-order valence-electron chi connectivity index (χ3n) is 3.69. The third kappa shape index (κ3) is 3.56. The van der Waals surface area contributed by atoms with Crippen LogP contribution in [0.5, 0.6) is 0 Å². The second-order valence-corrected chi connectivity index (χ2v) is 5.64. The number of rotatable bonds is 5. The molecule has 1 amide bonds. The third-order valence-corrected chi connectivity index (χ3v) is 3.69. The maximum absolute atomic E-state index is 12.0. The van der Waals surface area contributed by atoms with Crippen LogP contribution in [0.4, 0.5) is 0 Å². The molecule has 1 atom stereocenters. The lowest BCUT2D eigenvalue weighted by atomic mass is 10.1. The zero-order chi connectivity index (χ0) is 16.4.